The number of hydrogen-bond donors (Lipinski definition) is 1. The summed E-state index contributed by atoms with van der Waals surface area (Å²) in [5, 5.41) is 3.59. The van der Waals surface area contributed by atoms with E-state index in [2.05, 4.69) is 55.3 Å². The standard InChI is InChI=1S/C15H24N2/c1-4-16-15(12(2)3)11-17-9-13-7-5-6-8-14(13)10-17/h5-8,12,15-16H,4,9-11H2,1-3H3. The zero-order valence-electron chi connectivity index (χ0n) is 11.2. The van der Waals surface area contributed by atoms with Crippen molar-refractivity contribution in [2.75, 3.05) is 13.1 Å². The maximum Gasteiger partial charge on any atom is 0.0241 e. The molecule has 2 heteroatoms. The summed E-state index contributed by atoms with van der Waals surface area (Å²) >= 11 is 0. The van der Waals surface area contributed by atoms with E-state index in [4.69, 9.17) is 0 Å². The molecule has 0 aliphatic carbocycles. The van der Waals surface area contributed by atoms with Crippen LogP contribution in [0, 0.1) is 5.92 Å². The van der Waals surface area contributed by atoms with Crippen molar-refractivity contribution in [1.29, 1.82) is 0 Å². The highest BCUT2D eigenvalue weighted by Crippen LogP contribution is 2.22. The third-order valence-corrected chi connectivity index (χ3v) is 3.63. The third kappa shape index (κ3) is 3.08. The minimum absolute atomic E-state index is 0.606. The van der Waals surface area contributed by atoms with Crippen LogP contribution in [0.3, 0.4) is 0 Å². The van der Waals surface area contributed by atoms with Gasteiger partial charge in [0.2, 0.25) is 0 Å². The van der Waals surface area contributed by atoms with Crippen LogP contribution in [-0.2, 0) is 13.1 Å². The van der Waals surface area contributed by atoms with Gasteiger partial charge in [0.15, 0.2) is 0 Å². The average Bonchev–Trinajstić information content (AvgIpc) is 2.70. The lowest BCUT2D eigenvalue weighted by Gasteiger charge is -2.27. The molecule has 1 heterocycles. The monoisotopic (exact) mass is 232 g/mol. The van der Waals surface area contributed by atoms with Gasteiger partial charge in [0.05, 0.1) is 0 Å². The summed E-state index contributed by atoms with van der Waals surface area (Å²) in [6.07, 6.45) is 0. The van der Waals surface area contributed by atoms with Gasteiger partial charge in [-0.25, -0.2) is 0 Å². The summed E-state index contributed by atoms with van der Waals surface area (Å²) in [5.41, 5.74) is 3.01. The van der Waals surface area contributed by atoms with Gasteiger partial charge in [-0.1, -0.05) is 45.0 Å². The summed E-state index contributed by atoms with van der Waals surface area (Å²) in [7, 11) is 0. The molecule has 94 valence electrons. The first-order valence-electron chi connectivity index (χ1n) is 6.73. The summed E-state index contributed by atoms with van der Waals surface area (Å²) in [6, 6.07) is 9.41. The molecule has 0 spiro atoms. The zero-order valence-corrected chi connectivity index (χ0v) is 11.2. The fraction of sp³-hybridized carbons (Fsp3) is 0.600. The fourth-order valence-electron chi connectivity index (χ4n) is 2.58. The first-order valence-corrected chi connectivity index (χ1v) is 6.73. The van der Waals surface area contributed by atoms with E-state index in [9.17, 15) is 0 Å². The van der Waals surface area contributed by atoms with Gasteiger partial charge in [0, 0.05) is 25.7 Å². The fourth-order valence-corrected chi connectivity index (χ4v) is 2.58. The van der Waals surface area contributed by atoms with Crippen molar-refractivity contribution in [1.82, 2.24) is 10.2 Å². The van der Waals surface area contributed by atoms with Crippen LogP contribution in [0.2, 0.25) is 0 Å². The second-order valence-electron chi connectivity index (χ2n) is 5.35. The highest BCUT2D eigenvalue weighted by molar-refractivity contribution is 5.30. The molecular weight excluding hydrogens is 208 g/mol. The van der Waals surface area contributed by atoms with Crippen molar-refractivity contribution >= 4 is 0 Å². The van der Waals surface area contributed by atoms with Gasteiger partial charge in [-0.3, -0.25) is 4.90 Å². The second-order valence-corrected chi connectivity index (χ2v) is 5.35. The van der Waals surface area contributed by atoms with Crippen molar-refractivity contribution in [3.8, 4) is 0 Å². The van der Waals surface area contributed by atoms with Crippen molar-refractivity contribution in [3.05, 3.63) is 35.4 Å². The highest BCUT2D eigenvalue weighted by atomic mass is 15.2. The van der Waals surface area contributed by atoms with Crippen LogP contribution in [0.1, 0.15) is 31.9 Å². The average molecular weight is 232 g/mol. The Kier molecular flexibility index (Phi) is 4.19. The van der Waals surface area contributed by atoms with Gasteiger partial charge < -0.3 is 5.32 Å². The van der Waals surface area contributed by atoms with Gasteiger partial charge in [-0.05, 0) is 23.6 Å². The Balaban J connectivity index is 1.94. The maximum atomic E-state index is 3.59. The molecule has 17 heavy (non-hydrogen) atoms. The molecule has 0 fully saturated rings. The van der Waals surface area contributed by atoms with E-state index >= 15 is 0 Å². The van der Waals surface area contributed by atoms with Crippen molar-refractivity contribution < 1.29 is 0 Å². The van der Waals surface area contributed by atoms with Gasteiger partial charge in [-0.2, -0.15) is 0 Å². The van der Waals surface area contributed by atoms with Gasteiger partial charge in [-0.15, -0.1) is 0 Å². The van der Waals surface area contributed by atoms with E-state index in [1.54, 1.807) is 0 Å². The number of likely N-dealkylation sites (N-methyl/N-ethyl adjacent to an activating group) is 1. The Morgan fingerprint density at radius 2 is 1.76 bits per heavy atom. The first-order chi connectivity index (χ1) is 8.20. The minimum atomic E-state index is 0.606. The molecule has 0 saturated heterocycles. The van der Waals surface area contributed by atoms with Gasteiger partial charge >= 0.3 is 0 Å². The van der Waals surface area contributed by atoms with Gasteiger partial charge in [0.1, 0.15) is 0 Å². The van der Waals surface area contributed by atoms with Crippen molar-refractivity contribution in [2.45, 2.75) is 39.9 Å². The molecule has 0 radical (unpaired) electrons. The lowest BCUT2D eigenvalue weighted by Crippen LogP contribution is -2.42. The van der Waals surface area contributed by atoms with E-state index in [-0.39, 0.29) is 0 Å². The van der Waals surface area contributed by atoms with Crippen LogP contribution < -0.4 is 5.32 Å². The highest BCUT2D eigenvalue weighted by Gasteiger charge is 2.22. The van der Waals surface area contributed by atoms with E-state index < -0.39 is 0 Å². The van der Waals surface area contributed by atoms with Crippen LogP contribution in [0.5, 0.6) is 0 Å². The molecule has 1 N–H and O–H groups in total. The molecule has 0 saturated carbocycles. The topological polar surface area (TPSA) is 15.3 Å². The van der Waals surface area contributed by atoms with E-state index in [0.29, 0.717) is 12.0 Å². The predicted molar refractivity (Wildman–Crippen MR) is 72.9 cm³/mol. The summed E-state index contributed by atoms with van der Waals surface area (Å²) < 4.78 is 0. The zero-order chi connectivity index (χ0) is 12.3. The van der Waals surface area contributed by atoms with E-state index in [0.717, 1.165) is 26.2 Å². The smallest absolute Gasteiger partial charge is 0.0241 e. The Hall–Kier alpha value is -0.860. The molecule has 0 amide bonds. The molecular formula is C15H24N2. The van der Waals surface area contributed by atoms with Crippen LogP contribution in [0.4, 0.5) is 0 Å². The molecule has 2 rings (SSSR count). The van der Waals surface area contributed by atoms with Gasteiger partial charge in [0.25, 0.3) is 0 Å². The SMILES string of the molecule is CCNC(CN1Cc2ccccc2C1)C(C)C. The number of rotatable bonds is 5. The number of hydrogen-bond acceptors (Lipinski definition) is 2. The Morgan fingerprint density at radius 1 is 1.18 bits per heavy atom. The molecule has 1 aromatic carbocycles. The summed E-state index contributed by atoms with van der Waals surface area (Å²) in [4.78, 5) is 2.55. The van der Waals surface area contributed by atoms with E-state index in [1.807, 2.05) is 0 Å². The molecule has 1 aliphatic heterocycles. The minimum Gasteiger partial charge on any atom is -0.313 e. The maximum absolute atomic E-state index is 3.59. The quantitative estimate of drug-likeness (QED) is 0.839. The first kappa shape index (κ1) is 12.6. The van der Waals surface area contributed by atoms with Crippen molar-refractivity contribution in [3.63, 3.8) is 0 Å². The Bertz CT molecular complexity index is 335. The second kappa shape index (κ2) is 5.65. The van der Waals surface area contributed by atoms with Crippen molar-refractivity contribution in [2.24, 2.45) is 5.92 Å². The lowest BCUT2D eigenvalue weighted by atomic mass is 10.0. The molecule has 0 aromatic heterocycles. The summed E-state index contributed by atoms with van der Waals surface area (Å²) in [6.45, 7) is 11.2. The lowest BCUT2D eigenvalue weighted by molar-refractivity contribution is 0.222. The number of benzene rings is 1. The molecule has 1 atom stereocenters. The Labute approximate surface area is 105 Å². The van der Waals surface area contributed by atoms with Crippen LogP contribution >= 0.6 is 0 Å². The van der Waals surface area contributed by atoms with Crippen LogP contribution in [0.15, 0.2) is 24.3 Å². The number of fused-ring (bicyclic) bond motifs is 1. The van der Waals surface area contributed by atoms with Crippen LogP contribution in [0.25, 0.3) is 0 Å². The number of nitrogens with zero attached hydrogens (tertiary/aromatic N) is 1. The third-order valence-electron chi connectivity index (χ3n) is 3.63. The normalized spacial score (nSPS) is 17.4. The Morgan fingerprint density at radius 3 is 2.24 bits per heavy atom. The van der Waals surface area contributed by atoms with Crippen LogP contribution in [-0.4, -0.2) is 24.0 Å². The molecule has 1 aliphatic rings. The molecule has 0 bridgehead atoms. The number of nitrogens with one attached hydrogen (secondary N) is 1. The largest absolute Gasteiger partial charge is 0.313 e. The molecule has 2 nitrogen and oxygen atoms in total. The summed E-state index contributed by atoms with van der Waals surface area (Å²) in [5.74, 6) is 0.693. The molecule has 1 unspecified atom stereocenters. The molecule has 1 aromatic rings. The predicted octanol–water partition coefficient (Wildman–Crippen LogP) is 2.64. The van der Waals surface area contributed by atoms with E-state index in [1.165, 1.54) is 11.1 Å².